The summed E-state index contributed by atoms with van der Waals surface area (Å²) in [6.07, 6.45) is 0.996. The van der Waals surface area contributed by atoms with Gasteiger partial charge in [-0.2, -0.15) is 5.26 Å². The molecular weight excluding hydrogens is 470 g/mol. The molecule has 0 spiro atoms. The van der Waals surface area contributed by atoms with E-state index in [1.54, 1.807) is 55.5 Å². The molecule has 2 amide bonds. The molecule has 1 saturated carbocycles. The monoisotopic (exact) mass is 497 g/mol. The number of anilines is 1. The molecule has 8 heteroatoms. The fraction of sp³-hybridized carbons (Fsp3) is 0.276. The van der Waals surface area contributed by atoms with Crippen molar-refractivity contribution in [3.63, 3.8) is 0 Å². The SMILES string of the molecule is COc1ccc(OC)c([C@H]2[C@H](Oc3ccccc3C#N)C(=O)N2Cc2cccc(NC(=O)C3CC3)c2)c1. The van der Waals surface area contributed by atoms with Crippen molar-refractivity contribution in [3.05, 3.63) is 83.4 Å². The van der Waals surface area contributed by atoms with Gasteiger partial charge in [-0.25, -0.2) is 0 Å². The number of carbonyl (C=O) groups excluding carboxylic acids is 2. The van der Waals surface area contributed by atoms with Gasteiger partial charge in [-0.05, 0) is 60.9 Å². The van der Waals surface area contributed by atoms with Crippen LogP contribution >= 0.6 is 0 Å². The Bertz CT molecular complexity index is 1380. The standard InChI is InChI=1S/C29H27N3O5/c1-35-22-12-13-25(36-2)23(15-22)26-27(37-24-9-4-3-7-20(24)16-30)29(34)32(26)17-18-6-5-8-21(14-18)31-28(33)19-10-11-19/h3-9,12-15,19,26-27H,10-11,17H2,1-2H3,(H,31,33)/t26-,27-/m0/s1. The highest BCUT2D eigenvalue weighted by Gasteiger charge is 2.51. The van der Waals surface area contributed by atoms with Crippen LogP contribution in [0.3, 0.4) is 0 Å². The largest absolute Gasteiger partial charge is 0.497 e. The molecule has 188 valence electrons. The van der Waals surface area contributed by atoms with Crippen LogP contribution in [-0.4, -0.2) is 37.0 Å². The minimum atomic E-state index is -0.853. The topological polar surface area (TPSA) is 101 Å². The van der Waals surface area contributed by atoms with E-state index in [9.17, 15) is 14.9 Å². The van der Waals surface area contributed by atoms with Crippen molar-refractivity contribution >= 4 is 17.5 Å². The third kappa shape index (κ3) is 4.94. The van der Waals surface area contributed by atoms with Crippen LogP contribution < -0.4 is 19.5 Å². The zero-order valence-corrected chi connectivity index (χ0v) is 20.6. The molecule has 2 atom stereocenters. The number of carbonyl (C=O) groups is 2. The summed E-state index contributed by atoms with van der Waals surface area (Å²) in [5.74, 6) is 1.47. The van der Waals surface area contributed by atoms with Crippen LogP contribution in [-0.2, 0) is 16.1 Å². The number of hydrogen-bond acceptors (Lipinski definition) is 6. The van der Waals surface area contributed by atoms with Crippen LogP contribution in [0.2, 0.25) is 0 Å². The third-order valence-corrected chi connectivity index (χ3v) is 6.66. The van der Waals surface area contributed by atoms with Crippen molar-refractivity contribution in [1.29, 1.82) is 5.26 Å². The van der Waals surface area contributed by atoms with Gasteiger partial charge in [0.2, 0.25) is 12.0 Å². The van der Waals surface area contributed by atoms with E-state index in [-0.39, 0.29) is 17.7 Å². The van der Waals surface area contributed by atoms with Crippen molar-refractivity contribution in [2.75, 3.05) is 19.5 Å². The molecule has 1 N–H and O–H groups in total. The van der Waals surface area contributed by atoms with Gasteiger partial charge in [0.1, 0.15) is 29.4 Å². The molecule has 0 unspecified atom stereocenters. The zero-order chi connectivity index (χ0) is 25.9. The molecule has 1 heterocycles. The Morgan fingerprint density at radius 1 is 1.03 bits per heavy atom. The van der Waals surface area contributed by atoms with Gasteiger partial charge >= 0.3 is 0 Å². The minimum Gasteiger partial charge on any atom is -0.497 e. The number of β-lactam (4-membered cyclic amide) rings is 1. The van der Waals surface area contributed by atoms with Crippen LogP contribution in [0.25, 0.3) is 0 Å². The van der Waals surface area contributed by atoms with Crippen molar-refractivity contribution in [2.24, 2.45) is 5.92 Å². The lowest BCUT2D eigenvalue weighted by molar-refractivity contribution is -0.165. The minimum absolute atomic E-state index is 0.0285. The summed E-state index contributed by atoms with van der Waals surface area (Å²) in [5.41, 5.74) is 2.65. The van der Waals surface area contributed by atoms with E-state index in [2.05, 4.69) is 11.4 Å². The van der Waals surface area contributed by atoms with Crippen LogP contribution in [0.15, 0.2) is 66.7 Å². The first-order valence-electron chi connectivity index (χ1n) is 12.1. The number of nitrogens with one attached hydrogen (secondary N) is 1. The Morgan fingerprint density at radius 2 is 1.84 bits per heavy atom. The lowest BCUT2D eigenvalue weighted by atomic mass is 9.88. The Balaban J connectivity index is 1.46. The Labute approximate surface area is 215 Å². The van der Waals surface area contributed by atoms with E-state index in [0.29, 0.717) is 35.0 Å². The quantitative estimate of drug-likeness (QED) is 0.438. The maximum Gasteiger partial charge on any atom is 0.267 e. The first-order chi connectivity index (χ1) is 18.0. The highest BCUT2D eigenvalue weighted by atomic mass is 16.5. The number of methoxy groups -OCH3 is 2. The second-order valence-electron chi connectivity index (χ2n) is 9.13. The summed E-state index contributed by atoms with van der Waals surface area (Å²) in [5, 5.41) is 12.5. The van der Waals surface area contributed by atoms with Gasteiger partial charge in [0, 0.05) is 23.7 Å². The third-order valence-electron chi connectivity index (χ3n) is 6.66. The maximum atomic E-state index is 13.4. The molecule has 1 saturated heterocycles. The highest BCUT2D eigenvalue weighted by Crippen LogP contribution is 2.44. The van der Waals surface area contributed by atoms with Gasteiger partial charge in [-0.3, -0.25) is 9.59 Å². The zero-order valence-electron chi connectivity index (χ0n) is 20.6. The van der Waals surface area contributed by atoms with Gasteiger partial charge in [0.25, 0.3) is 5.91 Å². The van der Waals surface area contributed by atoms with Crippen molar-refractivity contribution < 1.29 is 23.8 Å². The molecule has 3 aromatic rings. The molecule has 3 aromatic carbocycles. The number of para-hydroxylation sites is 1. The molecule has 2 fully saturated rings. The fourth-order valence-electron chi connectivity index (χ4n) is 4.54. The molecule has 5 rings (SSSR count). The molecule has 1 aliphatic carbocycles. The summed E-state index contributed by atoms with van der Waals surface area (Å²) in [4.78, 5) is 27.4. The van der Waals surface area contributed by atoms with Crippen LogP contribution in [0.4, 0.5) is 5.69 Å². The van der Waals surface area contributed by atoms with Crippen LogP contribution in [0.1, 0.15) is 35.6 Å². The molecule has 0 radical (unpaired) electrons. The van der Waals surface area contributed by atoms with Crippen molar-refractivity contribution in [3.8, 4) is 23.3 Å². The number of amides is 2. The summed E-state index contributed by atoms with van der Waals surface area (Å²) in [7, 11) is 3.15. The van der Waals surface area contributed by atoms with Crippen LogP contribution in [0.5, 0.6) is 17.2 Å². The highest BCUT2D eigenvalue weighted by molar-refractivity contribution is 5.94. The summed E-state index contributed by atoms with van der Waals surface area (Å²) >= 11 is 0. The first kappa shape index (κ1) is 24.2. The molecule has 0 aromatic heterocycles. The predicted molar refractivity (Wildman–Crippen MR) is 136 cm³/mol. The van der Waals surface area contributed by atoms with E-state index >= 15 is 0 Å². The molecule has 8 nitrogen and oxygen atoms in total. The lowest BCUT2D eigenvalue weighted by Gasteiger charge is -2.47. The van der Waals surface area contributed by atoms with Gasteiger partial charge in [-0.15, -0.1) is 0 Å². The normalized spacial score (nSPS) is 18.4. The number of hydrogen-bond donors (Lipinski definition) is 1. The van der Waals surface area contributed by atoms with Gasteiger partial charge in [-0.1, -0.05) is 24.3 Å². The maximum absolute atomic E-state index is 13.4. The second kappa shape index (κ2) is 10.2. The average Bonchev–Trinajstić information content (AvgIpc) is 3.78. The average molecular weight is 498 g/mol. The number of rotatable bonds is 9. The van der Waals surface area contributed by atoms with E-state index in [0.717, 1.165) is 24.0 Å². The van der Waals surface area contributed by atoms with Crippen molar-refractivity contribution in [1.82, 2.24) is 4.90 Å². The number of ether oxygens (including phenoxy) is 3. The van der Waals surface area contributed by atoms with E-state index in [1.165, 1.54) is 0 Å². The van der Waals surface area contributed by atoms with E-state index < -0.39 is 12.1 Å². The fourth-order valence-corrected chi connectivity index (χ4v) is 4.54. The number of benzene rings is 3. The predicted octanol–water partition coefficient (Wildman–Crippen LogP) is 4.46. The smallest absolute Gasteiger partial charge is 0.267 e. The lowest BCUT2D eigenvalue weighted by Crippen LogP contribution is -2.60. The summed E-state index contributed by atoms with van der Waals surface area (Å²) in [6, 6.07) is 21.4. The molecular formula is C29H27N3O5. The Kier molecular flexibility index (Phi) is 6.69. The molecule has 0 bridgehead atoms. The van der Waals surface area contributed by atoms with E-state index in [4.69, 9.17) is 14.2 Å². The number of nitriles is 1. The second-order valence-corrected chi connectivity index (χ2v) is 9.13. The Morgan fingerprint density at radius 3 is 2.57 bits per heavy atom. The summed E-state index contributed by atoms with van der Waals surface area (Å²) in [6.45, 7) is 0.302. The van der Waals surface area contributed by atoms with Crippen molar-refractivity contribution in [2.45, 2.75) is 31.5 Å². The van der Waals surface area contributed by atoms with E-state index in [1.807, 2.05) is 30.3 Å². The molecule has 37 heavy (non-hydrogen) atoms. The van der Waals surface area contributed by atoms with Crippen LogP contribution in [0, 0.1) is 17.2 Å². The number of nitrogens with zero attached hydrogens (tertiary/aromatic N) is 2. The van der Waals surface area contributed by atoms with Gasteiger partial charge in [0.15, 0.2) is 0 Å². The Hall–Kier alpha value is -4.51. The molecule has 1 aliphatic heterocycles. The molecule has 2 aliphatic rings. The van der Waals surface area contributed by atoms with Gasteiger partial charge in [0.05, 0.1) is 19.8 Å². The first-order valence-corrected chi connectivity index (χ1v) is 12.1. The summed E-state index contributed by atoms with van der Waals surface area (Å²) < 4.78 is 17.2. The number of likely N-dealkylation sites (tertiary alicyclic amines) is 1. The van der Waals surface area contributed by atoms with Gasteiger partial charge < -0.3 is 24.4 Å².